The number of aliphatic hydroxyl groups excluding tert-OH is 1. The Balaban J connectivity index is 5.42. The van der Waals surface area contributed by atoms with Crippen LogP contribution < -0.4 is 5.32 Å². The van der Waals surface area contributed by atoms with Gasteiger partial charge in [0.2, 0.25) is 0 Å². The van der Waals surface area contributed by atoms with Crippen molar-refractivity contribution in [2.24, 2.45) is 0 Å². The number of hydrogen-bond donors (Lipinski definition) is 3. The van der Waals surface area contributed by atoms with Crippen molar-refractivity contribution in [1.82, 2.24) is 5.32 Å². The minimum Gasteiger partial charge on any atom is -0.469 e. The summed E-state index contributed by atoms with van der Waals surface area (Å²) in [5, 5.41) is 17.8. The fourth-order valence-corrected chi connectivity index (χ4v) is 1.19. The minimum atomic E-state index is -4.92. The van der Waals surface area contributed by atoms with Gasteiger partial charge in [0, 0.05) is 12.8 Å². The first kappa shape index (κ1) is 18.1. The first-order valence-corrected chi connectivity index (χ1v) is 5.47. The molecule has 20 heavy (non-hydrogen) atoms. The Bertz CT molecular complexity index is 416. The van der Waals surface area contributed by atoms with Crippen molar-refractivity contribution in [2.75, 3.05) is 13.7 Å². The molecule has 0 aliphatic heterocycles. The number of ketones is 1. The zero-order valence-electron chi connectivity index (χ0n) is 10.9. The maximum Gasteiger partial charge on any atom is 0.431 e. The topological polar surface area (TPSA) is 99.5 Å². The first-order valence-electron chi connectivity index (χ1n) is 5.47. The van der Waals surface area contributed by atoms with Crippen LogP contribution in [0.2, 0.25) is 0 Å². The molecule has 0 fully saturated rings. The third kappa shape index (κ3) is 5.83. The maximum absolute atomic E-state index is 12.8. The molecule has 0 aliphatic rings. The zero-order valence-corrected chi connectivity index (χ0v) is 10.9. The third-order valence-corrected chi connectivity index (χ3v) is 2.10. The molecule has 9 heteroatoms. The number of methoxy groups -OCH3 is 1. The Morgan fingerprint density at radius 2 is 2.00 bits per heavy atom. The number of carbonyl (C=O) groups excluding carboxylic acids is 2. The van der Waals surface area contributed by atoms with E-state index in [1.807, 2.05) is 5.32 Å². The van der Waals surface area contributed by atoms with Crippen LogP contribution >= 0.6 is 0 Å². The Hall–Kier alpha value is -1.90. The molecule has 0 aromatic carbocycles. The quantitative estimate of drug-likeness (QED) is 0.276. The molecule has 0 heterocycles. The minimum absolute atomic E-state index is 0.211. The normalized spacial score (nSPS) is 14.1. The number of hydrogen-bond acceptors (Lipinski definition) is 6. The second kappa shape index (κ2) is 7.63. The summed E-state index contributed by atoms with van der Waals surface area (Å²) in [6.45, 7) is 0.791. The van der Waals surface area contributed by atoms with E-state index in [-0.39, 0.29) is 6.21 Å². The highest BCUT2D eigenvalue weighted by molar-refractivity contribution is 6.17. The van der Waals surface area contributed by atoms with Gasteiger partial charge in [-0.25, -0.2) is 0 Å². The Morgan fingerprint density at radius 3 is 2.35 bits per heavy atom. The van der Waals surface area contributed by atoms with E-state index in [0.29, 0.717) is 0 Å². The van der Waals surface area contributed by atoms with Gasteiger partial charge in [-0.3, -0.25) is 9.59 Å². The lowest BCUT2D eigenvalue weighted by atomic mass is 10.1. The second-order valence-corrected chi connectivity index (χ2v) is 3.84. The molecular formula is C11H15F3N2O4. The molecule has 1 unspecified atom stereocenters. The van der Waals surface area contributed by atoms with Gasteiger partial charge in [0.25, 0.3) is 0 Å². The van der Waals surface area contributed by atoms with Crippen LogP contribution in [0.25, 0.3) is 0 Å². The van der Waals surface area contributed by atoms with Crippen molar-refractivity contribution in [3.8, 4) is 0 Å². The van der Waals surface area contributed by atoms with Gasteiger partial charge in [-0.15, -0.1) is 0 Å². The Morgan fingerprint density at radius 1 is 1.45 bits per heavy atom. The smallest absolute Gasteiger partial charge is 0.431 e. The molecular weight excluding hydrogens is 281 g/mol. The van der Waals surface area contributed by atoms with Crippen LogP contribution in [0.5, 0.6) is 0 Å². The molecule has 0 aromatic rings. The summed E-state index contributed by atoms with van der Waals surface area (Å²) in [4.78, 5) is 22.5. The number of alkyl halides is 3. The van der Waals surface area contributed by atoms with Crippen LogP contribution in [-0.4, -0.2) is 49.0 Å². The van der Waals surface area contributed by atoms with Crippen molar-refractivity contribution in [1.29, 1.82) is 5.41 Å². The van der Waals surface area contributed by atoms with Gasteiger partial charge in [0.1, 0.15) is 12.1 Å². The van der Waals surface area contributed by atoms with E-state index in [1.165, 1.54) is 6.92 Å². The number of halogens is 3. The highest BCUT2D eigenvalue weighted by atomic mass is 19.4. The van der Waals surface area contributed by atoms with E-state index >= 15 is 0 Å². The summed E-state index contributed by atoms with van der Waals surface area (Å²) in [5.41, 5.74) is -2.47. The molecule has 0 rings (SSSR count). The summed E-state index contributed by atoms with van der Waals surface area (Å²) in [6, 6.07) is 0. The van der Waals surface area contributed by atoms with Gasteiger partial charge in [0.05, 0.1) is 18.8 Å². The molecule has 0 saturated carbocycles. The number of ether oxygens (including phenoxy) is 1. The molecule has 3 N–H and O–H groups in total. The molecule has 0 saturated heterocycles. The number of aliphatic hydroxyl groups is 1. The molecule has 6 nitrogen and oxygen atoms in total. The monoisotopic (exact) mass is 296 g/mol. The Kier molecular flexibility index (Phi) is 6.91. The van der Waals surface area contributed by atoms with E-state index in [4.69, 9.17) is 10.5 Å². The summed E-state index contributed by atoms with van der Waals surface area (Å²) < 4.78 is 42.6. The van der Waals surface area contributed by atoms with Crippen LogP contribution in [0.1, 0.15) is 13.3 Å². The molecule has 114 valence electrons. The lowest BCUT2D eigenvalue weighted by Crippen LogP contribution is -2.34. The predicted octanol–water partition coefficient (Wildman–Crippen LogP) is 0.555. The number of Topliss-reactive ketones (excluding diaryl/α,β-unsaturated/α-hetero) is 1. The van der Waals surface area contributed by atoms with Crippen molar-refractivity contribution < 1.29 is 32.6 Å². The van der Waals surface area contributed by atoms with Gasteiger partial charge in [0.15, 0.2) is 5.78 Å². The third-order valence-electron chi connectivity index (χ3n) is 2.10. The largest absolute Gasteiger partial charge is 0.469 e. The molecule has 0 spiro atoms. The van der Waals surface area contributed by atoms with E-state index < -0.39 is 48.3 Å². The molecule has 0 aliphatic carbocycles. The lowest BCUT2D eigenvalue weighted by Gasteiger charge is -2.17. The average molecular weight is 296 g/mol. The molecule has 0 radical (unpaired) electrons. The van der Waals surface area contributed by atoms with Crippen molar-refractivity contribution in [2.45, 2.75) is 25.6 Å². The highest BCUT2D eigenvalue weighted by Gasteiger charge is 2.38. The fourth-order valence-electron chi connectivity index (χ4n) is 1.19. The highest BCUT2D eigenvalue weighted by Crippen LogP contribution is 2.26. The SMILES string of the molecule is COC(=O)CC(=O)/C(C=N)=C(/NCC(C)O)C(F)(F)F. The van der Waals surface area contributed by atoms with Gasteiger partial charge >= 0.3 is 12.1 Å². The summed E-state index contributed by atoms with van der Waals surface area (Å²) in [6.07, 6.45) is -6.71. The fraction of sp³-hybridized carbons (Fsp3) is 0.545. The molecule has 0 aromatic heterocycles. The van der Waals surface area contributed by atoms with Crippen molar-refractivity contribution in [3.05, 3.63) is 11.3 Å². The number of carbonyl (C=O) groups is 2. The van der Waals surface area contributed by atoms with Crippen LogP contribution in [-0.2, 0) is 14.3 Å². The van der Waals surface area contributed by atoms with Crippen LogP contribution in [0.15, 0.2) is 11.3 Å². The number of allylic oxidation sites excluding steroid dienone is 2. The first-order chi connectivity index (χ1) is 9.13. The van der Waals surface area contributed by atoms with Gasteiger partial charge in [-0.1, -0.05) is 0 Å². The van der Waals surface area contributed by atoms with Crippen molar-refractivity contribution >= 4 is 18.0 Å². The van der Waals surface area contributed by atoms with Crippen molar-refractivity contribution in [3.63, 3.8) is 0 Å². The predicted molar refractivity (Wildman–Crippen MR) is 63.2 cm³/mol. The van der Waals surface area contributed by atoms with E-state index in [0.717, 1.165) is 7.11 Å². The van der Waals surface area contributed by atoms with E-state index in [2.05, 4.69) is 4.74 Å². The van der Waals surface area contributed by atoms with Gasteiger partial charge in [-0.05, 0) is 6.92 Å². The number of rotatable bonds is 7. The summed E-state index contributed by atoms with van der Waals surface area (Å²) in [5.74, 6) is -2.20. The van der Waals surface area contributed by atoms with Gasteiger partial charge < -0.3 is 20.6 Å². The lowest BCUT2D eigenvalue weighted by molar-refractivity contribution is -0.142. The Labute approximate surface area is 113 Å². The molecule has 0 amide bonds. The van der Waals surface area contributed by atoms with Crippen LogP contribution in [0.4, 0.5) is 13.2 Å². The molecule has 1 atom stereocenters. The summed E-state index contributed by atoms with van der Waals surface area (Å²) in [7, 11) is 0.986. The average Bonchev–Trinajstić information content (AvgIpc) is 2.31. The molecule has 0 bridgehead atoms. The second-order valence-electron chi connectivity index (χ2n) is 3.84. The van der Waals surface area contributed by atoms with Gasteiger partial charge in [-0.2, -0.15) is 13.2 Å². The number of esters is 1. The van der Waals surface area contributed by atoms with Crippen LogP contribution in [0.3, 0.4) is 0 Å². The summed E-state index contributed by atoms with van der Waals surface area (Å²) >= 11 is 0. The van der Waals surface area contributed by atoms with Crippen LogP contribution in [0, 0.1) is 5.41 Å². The zero-order chi connectivity index (χ0) is 15.9. The standard InChI is InChI=1S/C11H15F3N2O4/c1-6(17)5-16-10(11(12,13)14)7(4-15)8(18)3-9(19)20-2/h4,6,15-17H,3,5H2,1-2H3/b10-7+,15-4?. The number of nitrogens with one attached hydrogen (secondary N) is 2. The maximum atomic E-state index is 12.8. The van der Waals surface area contributed by atoms with E-state index in [1.54, 1.807) is 0 Å². The van der Waals surface area contributed by atoms with E-state index in [9.17, 15) is 22.8 Å².